The maximum atomic E-state index is 12.5. The van der Waals surface area contributed by atoms with Crippen LogP contribution in [0.4, 0.5) is 13.2 Å². The van der Waals surface area contributed by atoms with E-state index < -0.39 is 6.36 Å². The van der Waals surface area contributed by atoms with E-state index in [1.54, 1.807) is 6.07 Å². The van der Waals surface area contributed by atoms with Gasteiger partial charge in [0.1, 0.15) is 11.4 Å². The Morgan fingerprint density at radius 3 is 2.70 bits per heavy atom. The monoisotopic (exact) mass is 326 g/mol. The highest BCUT2D eigenvalue weighted by atomic mass is 19.4. The molecule has 23 heavy (non-hydrogen) atoms. The van der Waals surface area contributed by atoms with Crippen LogP contribution in [0.3, 0.4) is 0 Å². The van der Waals surface area contributed by atoms with Gasteiger partial charge >= 0.3 is 6.36 Å². The van der Waals surface area contributed by atoms with Crippen LogP contribution in [0.2, 0.25) is 0 Å². The lowest BCUT2D eigenvalue weighted by Gasteiger charge is -2.19. The van der Waals surface area contributed by atoms with Crippen LogP contribution in [0.1, 0.15) is 29.9 Å². The average molecular weight is 326 g/mol. The number of rotatable bonds is 3. The quantitative estimate of drug-likeness (QED) is 0.938. The second-order valence-corrected chi connectivity index (χ2v) is 6.10. The number of aromatic nitrogens is 1. The maximum absolute atomic E-state index is 12.5. The van der Waals surface area contributed by atoms with E-state index in [0.29, 0.717) is 30.6 Å². The highest BCUT2D eigenvalue weighted by Gasteiger charge is 2.32. The third-order valence-electron chi connectivity index (χ3n) is 3.76. The van der Waals surface area contributed by atoms with Crippen molar-refractivity contribution in [3.8, 4) is 5.75 Å². The molecule has 0 spiro atoms. The second-order valence-electron chi connectivity index (χ2n) is 6.10. The molecule has 0 fully saturated rings. The Morgan fingerprint density at radius 1 is 1.30 bits per heavy atom. The summed E-state index contributed by atoms with van der Waals surface area (Å²) in [6, 6.07) is 4.39. The molecule has 2 heterocycles. The molecule has 1 aromatic heterocycles. The SMILES string of the molecule is CC(C)Cc1cc(OC(F)(F)F)cc2cc3n(c12)CCNC3=O. The molecule has 2 aromatic rings. The summed E-state index contributed by atoms with van der Waals surface area (Å²) in [4.78, 5) is 12.0. The molecule has 0 atom stereocenters. The van der Waals surface area contributed by atoms with Gasteiger partial charge in [-0.05, 0) is 36.1 Å². The summed E-state index contributed by atoms with van der Waals surface area (Å²) in [6.07, 6.45) is -4.13. The molecule has 124 valence electrons. The minimum Gasteiger partial charge on any atom is -0.406 e. The molecule has 0 radical (unpaired) electrons. The molecule has 7 heteroatoms. The van der Waals surface area contributed by atoms with Crippen LogP contribution >= 0.6 is 0 Å². The van der Waals surface area contributed by atoms with E-state index in [9.17, 15) is 18.0 Å². The summed E-state index contributed by atoms with van der Waals surface area (Å²) in [5.41, 5.74) is 2.05. The number of carbonyl (C=O) groups is 1. The molecule has 1 amide bonds. The number of benzene rings is 1. The Hall–Kier alpha value is -2.18. The molecular weight excluding hydrogens is 309 g/mol. The minimum absolute atomic E-state index is 0.207. The third-order valence-corrected chi connectivity index (χ3v) is 3.76. The number of hydrogen-bond acceptors (Lipinski definition) is 2. The van der Waals surface area contributed by atoms with E-state index in [4.69, 9.17) is 0 Å². The molecule has 0 aliphatic carbocycles. The smallest absolute Gasteiger partial charge is 0.406 e. The predicted octanol–water partition coefficient (Wildman–Crippen LogP) is 3.48. The number of halogens is 3. The number of nitrogens with zero attached hydrogens (tertiary/aromatic N) is 1. The number of ether oxygens (including phenoxy) is 1. The number of hydrogen-bond donors (Lipinski definition) is 1. The van der Waals surface area contributed by atoms with Crippen LogP contribution < -0.4 is 10.1 Å². The first-order valence-electron chi connectivity index (χ1n) is 7.44. The fraction of sp³-hybridized carbons (Fsp3) is 0.438. The minimum atomic E-state index is -4.74. The fourth-order valence-corrected chi connectivity index (χ4v) is 3.05. The lowest BCUT2D eigenvalue weighted by atomic mass is 10.0. The van der Waals surface area contributed by atoms with E-state index in [-0.39, 0.29) is 17.6 Å². The average Bonchev–Trinajstić information content (AvgIpc) is 2.76. The molecule has 4 nitrogen and oxygen atoms in total. The highest BCUT2D eigenvalue weighted by molar-refractivity contribution is 6.00. The van der Waals surface area contributed by atoms with Gasteiger partial charge in [-0.2, -0.15) is 0 Å². The van der Waals surface area contributed by atoms with Gasteiger partial charge < -0.3 is 14.6 Å². The van der Waals surface area contributed by atoms with Crippen LogP contribution in [0.15, 0.2) is 18.2 Å². The normalized spacial score (nSPS) is 15.0. The predicted molar refractivity (Wildman–Crippen MR) is 79.5 cm³/mol. The van der Waals surface area contributed by atoms with Gasteiger partial charge in [-0.1, -0.05) is 13.8 Å². The zero-order chi connectivity index (χ0) is 16.8. The van der Waals surface area contributed by atoms with Gasteiger partial charge in [0.2, 0.25) is 0 Å². The van der Waals surface area contributed by atoms with Crippen molar-refractivity contribution in [3.05, 3.63) is 29.5 Å². The maximum Gasteiger partial charge on any atom is 0.573 e. The first-order valence-corrected chi connectivity index (χ1v) is 7.44. The number of alkyl halides is 3. The van der Waals surface area contributed by atoms with Crippen LogP contribution in [0.5, 0.6) is 5.75 Å². The molecule has 0 unspecified atom stereocenters. The molecule has 3 rings (SSSR count). The molecule has 1 aliphatic rings. The van der Waals surface area contributed by atoms with Crippen LogP contribution in [0.25, 0.3) is 10.9 Å². The van der Waals surface area contributed by atoms with Crippen molar-refractivity contribution in [2.45, 2.75) is 33.2 Å². The van der Waals surface area contributed by atoms with E-state index in [2.05, 4.69) is 10.1 Å². The lowest BCUT2D eigenvalue weighted by Crippen LogP contribution is -2.35. The molecular formula is C16H17F3N2O2. The Balaban J connectivity index is 2.19. The summed E-state index contributed by atoms with van der Waals surface area (Å²) < 4.78 is 43.6. The van der Waals surface area contributed by atoms with Crippen LogP contribution in [-0.2, 0) is 13.0 Å². The third kappa shape index (κ3) is 3.13. The van der Waals surface area contributed by atoms with Gasteiger partial charge in [-0.25, -0.2) is 0 Å². The van der Waals surface area contributed by atoms with Crippen molar-refractivity contribution < 1.29 is 22.7 Å². The Bertz CT molecular complexity index is 763. The van der Waals surface area contributed by atoms with Gasteiger partial charge in [-0.15, -0.1) is 13.2 Å². The summed E-state index contributed by atoms with van der Waals surface area (Å²) in [5.74, 6) is -0.187. The van der Waals surface area contributed by atoms with E-state index in [1.165, 1.54) is 12.1 Å². The summed E-state index contributed by atoms with van der Waals surface area (Å²) >= 11 is 0. The van der Waals surface area contributed by atoms with Gasteiger partial charge in [0.15, 0.2) is 0 Å². The molecule has 0 saturated heterocycles. The zero-order valence-corrected chi connectivity index (χ0v) is 12.8. The van der Waals surface area contributed by atoms with Crippen molar-refractivity contribution in [3.63, 3.8) is 0 Å². The highest BCUT2D eigenvalue weighted by Crippen LogP contribution is 2.33. The molecule has 1 N–H and O–H groups in total. The van der Waals surface area contributed by atoms with E-state index in [0.717, 1.165) is 11.1 Å². The molecule has 0 bridgehead atoms. The molecule has 0 saturated carbocycles. The summed E-state index contributed by atoms with van der Waals surface area (Å²) in [7, 11) is 0. The van der Waals surface area contributed by atoms with Crippen molar-refractivity contribution in [1.29, 1.82) is 0 Å². The van der Waals surface area contributed by atoms with Crippen LogP contribution in [-0.4, -0.2) is 23.4 Å². The molecule has 1 aliphatic heterocycles. The first-order chi connectivity index (χ1) is 10.7. The number of carbonyl (C=O) groups excluding carboxylic acids is 1. The fourth-order valence-electron chi connectivity index (χ4n) is 3.05. The van der Waals surface area contributed by atoms with Crippen molar-refractivity contribution in [1.82, 2.24) is 9.88 Å². The van der Waals surface area contributed by atoms with Gasteiger partial charge in [0.25, 0.3) is 5.91 Å². The van der Waals surface area contributed by atoms with E-state index >= 15 is 0 Å². The van der Waals surface area contributed by atoms with Crippen molar-refractivity contribution in [2.75, 3.05) is 6.54 Å². The second kappa shape index (κ2) is 5.47. The van der Waals surface area contributed by atoms with Crippen LogP contribution in [0, 0.1) is 5.92 Å². The summed E-state index contributed by atoms with van der Waals surface area (Å²) in [6.45, 7) is 5.11. The van der Waals surface area contributed by atoms with Crippen molar-refractivity contribution in [2.24, 2.45) is 5.92 Å². The number of fused-ring (bicyclic) bond motifs is 3. The van der Waals surface area contributed by atoms with Gasteiger partial charge in [0, 0.05) is 18.5 Å². The Morgan fingerprint density at radius 2 is 2.04 bits per heavy atom. The van der Waals surface area contributed by atoms with E-state index in [1.807, 2.05) is 18.4 Å². The number of amides is 1. The Kier molecular flexibility index (Phi) is 3.74. The molecule has 1 aromatic carbocycles. The zero-order valence-electron chi connectivity index (χ0n) is 12.8. The lowest BCUT2D eigenvalue weighted by molar-refractivity contribution is -0.274. The van der Waals surface area contributed by atoms with Gasteiger partial charge in [0.05, 0.1) is 5.52 Å². The topological polar surface area (TPSA) is 43.3 Å². The number of nitrogens with one attached hydrogen (secondary N) is 1. The Labute approximate surface area is 131 Å². The standard InChI is InChI=1S/C16H17F3N2O2/c1-9(2)5-10-6-12(23-16(17,18)19)7-11-8-13-15(22)20-3-4-21(13)14(10)11/h6-9H,3-5H2,1-2H3,(H,20,22). The summed E-state index contributed by atoms with van der Waals surface area (Å²) in [5, 5.41) is 3.33. The van der Waals surface area contributed by atoms with Crippen molar-refractivity contribution >= 4 is 16.8 Å². The largest absolute Gasteiger partial charge is 0.573 e. The van der Waals surface area contributed by atoms with Gasteiger partial charge in [-0.3, -0.25) is 4.79 Å². The first kappa shape index (κ1) is 15.7.